The lowest BCUT2D eigenvalue weighted by Crippen LogP contribution is -2.47. The maximum atomic E-state index is 13.1. The predicted molar refractivity (Wildman–Crippen MR) is 71.3 cm³/mol. The Labute approximate surface area is 117 Å². The van der Waals surface area contributed by atoms with Gasteiger partial charge in [0.2, 0.25) is 0 Å². The van der Waals surface area contributed by atoms with Crippen LogP contribution < -0.4 is 5.73 Å². The fourth-order valence-corrected chi connectivity index (χ4v) is 2.66. The SMILES string of the molecule is CCC(N)C(OC1CCCc2ccccc21)C(F)(F)F. The van der Waals surface area contributed by atoms with E-state index in [2.05, 4.69) is 0 Å². The van der Waals surface area contributed by atoms with Crippen LogP contribution in [0.2, 0.25) is 0 Å². The number of halogens is 3. The van der Waals surface area contributed by atoms with Gasteiger partial charge < -0.3 is 10.5 Å². The van der Waals surface area contributed by atoms with Gasteiger partial charge in [-0.2, -0.15) is 13.2 Å². The average molecular weight is 287 g/mol. The molecule has 0 spiro atoms. The van der Waals surface area contributed by atoms with Gasteiger partial charge in [0.25, 0.3) is 0 Å². The Morgan fingerprint density at radius 3 is 2.70 bits per heavy atom. The zero-order valence-electron chi connectivity index (χ0n) is 11.5. The molecule has 2 N–H and O–H groups in total. The second-order valence-corrected chi connectivity index (χ2v) is 5.25. The van der Waals surface area contributed by atoms with Gasteiger partial charge in [-0.25, -0.2) is 0 Å². The Hall–Kier alpha value is -1.07. The molecule has 1 aliphatic rings. The molecule has 0 saturated heterocycles. The summed E-state index contributed by atoms with van der Waals surface area (Å²) in [4.78, 5) is 0. The van der Waals surface area contributed by atoms with E-state index in [-0.39, 0.29) is 6.42 Å². The molecule has 0 heterocycles. The summed E-state index contributed by atoms with van der Waals surface area (Å²) >= 11 is 0. The fourth-order valence-electron chi connectivity index (χ4n) is 2.66. The number of alkyl halides is 3. The zero-order valence-corrected chi connectivity index (χ0v) is 11.5. The minimum Gasteiger partial charge on any atom is -0.359 e. The van der Waals surface area contributed by atoms with Crippen molar-refractivity contribution in [1.29, 1.82) is 0 Å². The first-order valence-electron chi connectivity index (χ1n) is 6.99. The topological polar surface area (TPSA) is 35.2 Å². The number of hydrogen-bond acceptors (Lipinski definition) is 2. The number of hydrogen-bond donors (Lipinski definition) is 1. The first kappa shape index (κ1) is 15.3. The van der Waals surface area contributed by atoms with Crippen molar-refractivity contribution >= 4 is 0 Å². The summed E-state index contributed by atoms with van der Waals surface area (Å²) in [5.74, 6) is 0. The molecule has 2 nitrogen and oxygen atoms in total. The molecule has 3 unspecified atom stereocenters. The third-order valence-electron chi connectivity index (χ3n) is 3.81. The van der Waals surface area contributed by atoms with Crippen LogP contribution in [-0.2, 0) is 11.2 Å². The van der Waals surface area contributed by atoms with Crippen molar-refractivity contribution in [3.8, 4) is 0 Å². The number of benzene rings is 1. The molecular weight excluding hydrogens is 267 g/mol. The Bertz CT molecular complexity index is 447. The second-order valence-electron chi connectivity index (χ2n) is 5.25. The lowest BCUT2D eigenvalue weighted by Gasteiger charge is -2.33. The highest BCUT2D eigenvalue weighted by molar-refractivity contribution is 5.31. The van der Waals surface area contributed by atoms with Crippen molar-refractivity contribution in [2.45, 2.75) is 57.0 Å². The van der Waals surface area contributed by atoms with Crippen molar-refractivity contribution in [2.75, 3.05) is 0 Å². The molecule has 0 fully saturated rings. The third-order valence-corrected chi connectivity index (χ3v) is 3.81. The third kappa shape index (κ3) is 3.33. The van der Waals surface area contributed by atoms with E-state index in [1.165, 1.54) is 0 Å². The first-order chi connectivity index (χ1) is 9.43. The predicted octanol–water partition coefficient (Wildman–Crippen LogP) is 3.75. The van der Waals surface area contributed by atoms with Crippen LogP contribution in [0.1, 0.15) is 43.4 Å². The maximum absolute atomic E-state index is 13.1. The van der Waals surface area contributed by atoms with Crippen molar-refractivity contribution < 1.29 is 17.9 Å². The molecule has 0 bridgehead atoms. The first-order valence-corrected chi connectivity index (χ1v) is 6.99. The van der Waals surface area contributed by atoms with Crippen LogP contribution in [0.25, 0.3) is 0 Å². The lowest BCUT2D eigenvalue weighted by molar-refractivity contribution is -0.241. The highest BCUT2D eigenvalue weighted by atomic mass is 19.4. The van der Waals surface area contributed by atoms with E-state index in [9.17, 15) is 13.2 Å². The molecule has 1 aliphatic carbocycles. The second kappa shape index (κ2) is 6.14. The van der Waals surface area contributed by atoms with Gasteiger partial charge in [0.05, 0.1) is 6.10 Å². The molecule has 1 aromatic rings. The van der Waals surface area contributed by atoms with Crippen LogP contribution in [0, 0.1) is 0 Å². The summed E-state index contributed by atoms with van der Waals surface area (Å²) in [6.45, 7) is 1.64. The van der Waals surface area contributed by atoms with Crippen molar-refractivity contribution in [3.63, 3.8) is 0 Å². The van der Waals surface area contributed by atoms with Crippen LogP contribution in [-0.4, -0.2) is 18.3 Å². The lowest BCUT2D eigenvalue weighted by atomic mass is 9.89. The minimum absolute atomic E-state index is 0.235. The number of aryl methyl sites for hydroxylation is 1. The van der Waals surface area contributed by atoms with E-state index >= 15 is 0 Å². The molecule has 3 atom stereocenters. The van der Waals surface area contributed by atoms with Gasteiger partial charge in [-0.1, -0.05) is 31.2 Å². The van der Waals surface area contributed by atoms with Crippen molar-refractivity contribution in [1.82, 2.24) is 0 Å². The normalized spacial score (nSPS) is 22.1. The van der Waals surface area contributed by atoms with E-state index in [1.807, 2.05) is 24.3 Å². The summed E-state index contributed by atoms with van der Waals surface area (Å²) in [5.41, 5.74) is 7.55. The molecule has 0 aliphatic heterocycles. The van der Waals surface area contributed by atoms with Gasteiger partial charge in [-0.3, -0.25) is 0 Å². The highest BCUT2D eigenvalue weighted by Gasteiger charge is 2.45. The Morgan fingerprint density at radius 2 is 2.05 bits per heavy atom. The van der Waals surface area contributed by atoms with Crippen LogP contribution in [0.5, 0.6) is 0 Å². The maximum Gasteiger partial charge on any atom is 0.416 e. The largest absolute Gasteiger partial charge is 0.416 e. The standard InChI is InChI=1S/C15H20F3NO/c1-2-12(19)14(15(16,17)18)20-13-9-5-7-10-6-3-4-8-11(10)13/h3-4,6,8,12-14H,2,5,7,9,19H2,1H3. The molecule has 112 valence electrons. The summed E-state index contributed by atoms with van der Waals surface area (Å²) in [6.07, 6.45) is -4.26. The van der Waals surface area contributed by atoms with E-state index in [0.717, 1.165) is 24.0 Å². The van der Waals surface area contributed by atoms with E-state index < -0.39 is 24.4 Å². The quantitative estimate of drug-likeness (QED) is 0.915. The van der Waals surface area contributed by atoms with Crippen LogP contribution in [0.3, 0.4) is 0 Å². The van der Waals surface area contributed by atoms with Gasteiger partial charge in [0, 0.05) is 6.04 Å². The average Bonchev–Trinajstić information content (AvgIpc) is 2.42. The molecule has 20 heavy (non-hydrogen) atoms. The van der Waals surface area contributed by atoms with Gasteiger partial charge in [-0.15, -0.1) is 0 Å². The van der Waals surface area contributed by atoms with Crippen LogP contribution in [0.15, 0.2) is 24.3 Å². The fraction of sp³-hybridized carbons (Fsp3) is 0.600. The van der Waals surface area contributed by atoms with Crippen molar-refractivity contribution in [3.05, 3.63) is 35.4 Å². The molecule has 0 amide bonds. The summed E-state index contributed by atoms with van der Waals surface area (Å²) in [5, 5.41) is 0. The minimum atomic E-state index is -4.43. The Kier molecular flexibility index (Phi) is 4.70. The van der Waals surface area contributed by atoms with Gasteiger partial charge >= 0.3 is 6.18 Å². The monoisotopic (exact) mass is 287 g/mol. The molecule has 0 radical (unpaired) electrons. The summed E-state index contributed by atoms with van der Waals surface area (Å²) in [6, 6.07) is 6.52. The molecular formula is C15H20F3NO. The molecule has 2 rings (SSSR count). The van der Waals surface area contributed by atoms with Gasteiger partial charge in [-0.05, 0) is 36.8 Å². The number of fused-ring (bicyclic) bond motifs is 1. The molecule has 0 saturated carbocycles. The van der Waals surface area contributed by atoms with Crippen LogP contribution >= 0.6 is 0 Å². The Morgan fingerprint density at radius 1 is 1.35 bits per heavy atom. The van der Waals surface area contributed by atoms with Crippen LogP contribution in [0.4, 0.5) is 13.2 Å². The zero-order chi connectivity index (χ0) is 14.8. The van der Waals surface area contributed by atoms with Crippen molar-refractivity contribution in [2.24, 2.45) is 5.73 Å². The molecule has 5 heteroatoms. The molecule has 0 aromatic heterocycles. The number of nitrogens with two attached hydrogens (primary N) is 1. The Balaban J connectivity index is 2.20. The number of ether oxygens (including phenoxy) is 1. The summed E-state index contributed by atoms with van der Waals surface area (Å²) in [7, 11) is 0. The van der Waals surface area contributed by atoms with Gasteiger partial charge in [0.1, 0.15) is 0 Å². The van der Waals surface area contributed by atoms with Gasteiger partial charge in [0.15, 0.2) is 6.10 Å². The van der Waals surface area contributed by atoms with E-state index in [4.69, 9.17) is 10.5 Å². The molecule has 1 aromatic carbocycles. The highest BCUT2D eigenvalue weighted by Crippen LogP contribution is 2.37. The van der Waals surface area contributed by atoms with E-state index in [1.54, 1.807) is 6.92 Å². The summed E-state index contributed by atoms with van der Waals surface area (Å²) < 4.78 is 44.6. The number of rotatable bonds is 4. The van der Waals surface area contributed by atoms with E-state index in [0.29, 0.717) is 6.42 Å². The smallest absolute Gasteiger partial charge is 0.359 e.